The van der Waals surface area contributed by atoms with E-state index in [4.69, 9.17) is 0 Å². The summed E-state index contributed by atoms with van der Waals surface area (Å²) in [5.74, 6) is -0.481. The molecule has 130 valence electrons. The molecule has 3 rings (SSSR count). The van der Waals surface area contributed by atoms with Crippen LogP contribution in [0.1, 0.15) is 17.0 Å². The molecule has 0 amide bonds. The maximum Gasteiger partial charge on any atom is 0.261 e. The van der Waals surface area contributed by atoms with E-state index in [0.717, 1.165) is 29.1 Å². The van der Waals surface area contributed by atoms with Crippen LogP contribution in [0.5, 0.6) is 0 Å². The van der Waals surface area contributed by atoms with Crippen molar-refractivity contribution in [3.8, 4) is 0 Å². The second-order valence-electron chi connectivity index (χ2n) is 5.84. The first-order chi connectivity index (χ1) is 11.8. The summed E-state index contributed by atoms with van der Waals surface area (Å²) >= 11 is 0. The monoisotopic (exact) mass is 359 g/mol. The molecule has 0 radical (unpaired) electrons. The number of hydrogen-bond donors (Lipinski definition) is 1. The highest BCUT2D eigenvalue weighted by Gasteiger charge is 2.14. The lowest BCUT2D eigenvalue weighted by Gasteiger charge is -2.10. The molecule has 0 aliphatic heterocycles. The van der Waals surface area contributed by atoms with Gasteiger partial charge in [-0.25, -0.2) is 12.8 Å². The van der Waals surface area contributed by atoms with E-state index in [1.807, 2.05) is 30.7 Å². The SMILES string of the molecule is Cc1cc(C)n(Cc2cccc(NS(=O)(=O)c3ccc(F)cc3)c2)n1. The summed E-state index contributed by atoms with van der Waals surface area (Å²) in [6, 6.07) is 13.8. The summed E-state index contributed by atoms with van der Waals surface area (Å²) in [6.07, 6.45) is 0. The van der Waals surface area contributed by atoms with E-state index in [0.29, 0.717) is 12.2 Å². The second kappa shape index (κ2) is 6.68. The molecule has 0 spiro atoms. The van der Waals surface area contributed by atoms with Crippen LogP contribution >= 0.6 is 0 Å². The Labute approximate surface area is 146 Å². The van der Waals surface area contributed by atoms with Gasteiger partial charge in [0.15, 0.2) is 0 Å². The average molecular weight is 359 g/mol. The first-order valence-electron chi connectivity index (χ1n) is 7.72. The minimum atomic E-state index is -3.76. The lowest BCUT2D eigenvalue weighted by Crippen LogP contribution is -2.13. The van der Waals surface area contributed by atoms with Crippen LogP contribution in [0.25, 0.3) is 0 Å². The quantitative estimate of drug-likeness (QED) is 0.758. The lowest BCUT2D eigenvalue weighted by atomic mass is 10.2. The number of nitrogens with zero attached hydrogens (tertiary/aromatic N) is 2. The fourth-order valence-corrected chi connectivity index (χ4v) is 3.62. The molecule has 25 heavy (non-hydrogen) atoms. The second-order valence-corrected chi connectivity index (χ2v) is 7.53. The van der Waals surface area contributed by atoms with Crippen molar-refractivity contribution in [1.29, 1.82) is 0 Å². The van der Waals surface area contributed by atoms with Gasteiger partial charge in [-0.15, -0.1) is 0 Å². The van der Waals surface area contributed by atoms with E-state index >= 15 is 0 Å². The molecule has 0 saturated carbocycles. The first kappa shape index (κ1) is 17.2. The van der Waals surface area contributed by atoms with Gasteiger partial charge in [-0.2, -0.15) is 5.10 Å². The minimum absolute atomic E-state index is 0.0119. The van der Waals surface area contributed by atoms with Gasteiger partial charge in [0.2, 0.25) is 0 Å². The summed E-state index contributed by atoms with van der Waals surface area (Å²) in [5.41, 5.74) is 3.34. The molecular weight excluding hydrogens is 341 g/mol. The van der Waals surface area contributed by atoms with Crippen molar-refractivity contribution in [2.75, 3.05) is 4.72 Å². The van der Waals surface area contributed by atoms with Gasteiger partial charge in [0.05, 0.1) is 17.1 Å². The highest BCUT2D eigenvalue weighted by Crippen LogP contribution is 2.18. The summed E-state index contributed by atoms with van der Waals surface area (Å²) < 4.78 is 42.1. The van der Waals surface area contributed by atoms with Gasteiger partial charge in [-0.1, -0.05) is 12.1 Å². The van der Waals surface area contributed by atoms with Crippen molar-refractivity contribution in [3.05, 3.63) is 77.4 Å². The number of anilines is 1. The number of aromatic nitrogens is 2. The Balaban J connectivity index is 1.81. The lowest BCUT2D eigenvalue weighted by molar-refractivity contribution is 0.599. The minimum Gasteiger partial charge on any atom is -0.280 e. The zero-order chi connectivity index (χ0) is 18.0. The Morgan fingerprint density at radius 2 is 1.80 bits per heavy atom. The molecule has 0 saturated heterocycles. The Hall–Kier alpha value is -2.67. The van der Waals surface area contributed by atoms with Crippen LogP contribution in [0.3, 0.4) is 0 Å². The van der Waals surface area contributed by atoms with Gasteiger partial charge in [-0.3, -0.25) is 9.40 Å². The van der Waals surface area contributed by atoms with Crippen LogP contribution in [-0.4, -0.2) is 18.2 Å². The summed E-state index contributed by atoms with van der Waals surface area (Å²) in [7, 11) is -3.76. The predicted octanol–water partition coefficient (Wildman–Crippen LogP) is 3.49. The number of hydrogen-bond acceptors (Lipinski definition) is 3. The molecule has 0 bridgehead atoms. The number of nitrogens with one attached hydrogen (secondary N) is 1. The van der Waals surface area contributed by atoms with Gasteiger partial charge in [-0.05, 0) is 61.9 Å². The Morgan fingerprint density at radius 3 is 2.44 bits per heavy atom. The molecular formula is C18H18FN3O2S. The molecule has 0 atom stereocenters. The van der Waals surface area contributed by atoms with Crippen molar-refractivity contribution in [2.45, 2.75) is 25.3 Å². The zero-order valence-electron chi connectivity index (χ0n) is 13.9. The van der Waals surface area contributed by atoms with E-state index < -0.39 is 15.8 Å². The van der Waals surface area contributed by atoms with Crippen LogP contribution in [-0.2, 0) is 16.6 Å². The van der Waals surface area contributed by atoms with Gasteiger partial charge in [0, 0.05) is 11.4 Å². The number of aryl methyl sites for hydroxylation is 2. The van der Waals surface area contributed by atoms with E-state index in [1.165, 1.54) is 12.1 Å². The van der Waals surface area contributed by atoms with Crippen LogP contribution < -0.4 is 4.72 Å². The average Bonchev–Trinajstić information content (AvgIpc) is 2.85. The van der Waals surface area contributed by atoms with Gasteiger partial charge in [0.25, 0.3) is 10.0 Å². The number of rotatable bonds is 5. The van der Waals surface area contributed by atoms with E-state index in [9.17, 15) is 12.8 Å². The molecule has 3 aromatic rings. The third-order valence-electron chi connectivity index (χ3n) is 3.74. The number of benzene rings is 2. The summed E-state index contributed by atoms with van der Waals surface area (Å²) in [6.45, 7) is 4.45. The zero-order valence-corrected chi connectivity index (χ0v) is 14.7. The van der Waals surface area contributed by atoms with Crippen molar-refractivity contribution in [3.63, 3.8) is 0 Å². The fraction of sp³-hybridized carbons (Fsp3) is 0.167. The van der Waals surface area contributed by atoms with Crippen molar-refractivity contribution in [1.82, 2.24) is 9.78 Å². The Bertz CT molecular complexity index is 995. The molecule has 5 nitrogen and oxygen atoms in total. The molecule has 2 aromatic carbocycles. The van der Waals surface area contributed by atoms with Crippen LogP contribution in [0, 0.1) is 19.7 Å². The normalized spacial score (nSPS) is 11.5. The molecule has 0 unspecified atom stereocenters. The molecule has 1 aromatic heterocycles. The van der Waals surface area contributed by atoms with E-state index in [-0.39, 0.29) is 4.90 Å². The molecule has 0 aliphatic carbocycles. The highest BCUT2D eigenvalue weighted by atomic mass is 32.2. The summed E-state index contributed by atoms with van der Waals surface area (Å²) in [5, 5.41) is 4.41. The van der Waals surface area contributed by atoms with E-state index in [1.54, 1.807) is 18.2 Å². The molecule has 7 heteroatoms. The maximum absolute atomic E-state index is 13.0. The van der Waals surface area contributed by atoms with Crippen LogP contribution in [0.2, 0.25) is 0 Å². The maximum atomic E-state index is 13.0. The summed E-state index contributed by atoms with van der Waals surface area (Å²) in [4.78, 5) is 0.0119. The largest absolute Gasteiger partial charge is 0.280 e. The first-order valence-corrected chi connectivity index (χ1v) is 9.20. The third kappa shape index (κ3) is 4.06. The molecule has 0 fully saturated rings. The number of halogens is 1. The van der Waals surface area contributed by atoms with Crippen molar-refractivity contribution < 1.29 is 12.8 Å². The molecule has 0 aliphatic rings. The fourth-order valence-electron chi connectivity index (χ4n) is 2.57. The van der Waals surface area contributed by atoms with Gasteiger partial charge >= 0.3 is 0 Å². The third-order valence-corrected chi connectivity index (χ3v) is 5.14. The van der Waals surface area contributed by atoms with Gasteiger partial charge in [0.1, 0.15) is 5.82 Å². The Kier molecular flexibility index (Phi) is 4.59. The predicted molar refractivity (Wildman–Crippen MR) is 94.5 cm³/mol. The van der Waals surface area contributed by atoms with Crippen molar-refractivity contribution in [2.24, 2.45) is 0 Å². The Morgan fingerprint density at radius 1 is 1.08 bits per heavy atom. The smallest absolute Gasteiger partial charge is 0.261 e. The standard InChI is InChI=1S/C18H18FN3O2S/c1-13-10-14(2)22(20-13)12-15-4-3-5-17(11-15)21-25(23,24)18-8-6-16(19)7-9-18/h3-11,21H,12H2,1-2H3. The van der Waals surface area contributed by atoms with Gasteiger partial charge < -0.3 is 0 Å². The molecule has 1 heterocycles. The number of sulfonamides is 1. The van der Waals surface area contributed by atoms with E-state index in [2.05, 4.69) is 9.82 Å². The van der Waals surface area contributed by atoms with Crippen molar-refractivity contribution >= 4 is 15.7 Å². The highest BCUT2D eigenvalue weighted by molar-refractivity contribution is 7.92. The van der Waals surface area contributed by atoms with Crippen LogP contribution in [0.4, 0.5) is 10.1 Å². The van der Waals surface area contributed by atoms with Crippen LogP contribution in [0.15, 0.2) is 59.5 Å². The topological polar surface area (TPSA) is 64.0 Å². The molecule has 1 N–H and O–H groups in total.